The van der Waals surface area contributed by atoms with Crippen molar-refractivity contribution >= 4 is 0 Å². The zero-order valence-corrected chi connectivity index (χ0v) is 12.6. The maximum absolute atomic E-state index is 3.93. The Kier molecular flexibility index (Phi) is 5.50. The topological polar surface area (TPSA) is 15.3 Å². The monoisotopic (exact) mass is 252 g/mol. The molecule has 2 nitrogen and oxygen atoms in total. The molecule has 0 bridgehead atoms. The fourth-order valence-corrected chi connectivity index (χ4v) is 3.40. The van der Waals surface area contributed by atoms with E-state index < -0.39 is 0 Å². The summed E-state index contributed by atoms with van der Waals surface area (Å²) in [7, 11) is 0. The first-order chi connectivity index (χ1) is 8.72. The molecular weight excluding hydrogens is 220 g/mol. The van der Waals surface area contributed by atoms with Gasteiger partial charge in [-0.15, -0.1) is 0 Å². The van der Waals surface area contributed by atoms with Crippen LogP contribution in [0.4, 0.5) is 0 Å². The average molecular weight is 252 g/mol. The minimum atomic E-state index is 0.697. The molecule has 0 aromatic heterocycles. The Hall–Kier alpha value is -0.0800. The van der Waals surface area contributed by atoms with Crippen molar-refractivity contribution in [2.24, 2.45) is 11.8 Å². The van der Waals surface area contributed by atoms with Crippen LogP contribution in [0.3, 0.4) is 0 Å². The lowest BCUT2D eigenvalue weighted by Gasteiger charge is -2.37. The van der Waals surface area contributed by atoms with Gasteiger partial charge in [0, 0.05) is 18.6 Å². The van der Waals surface area contributed by atoms with E-state index in [-0.39, 0.29) is 0 Å². The molecule has 2 aliphatic rings. The van der Waals surface area contributed by atoms with Crippen LogP contribution in [-0.2, 0) is 0 Å². The number of nitrogens with zero attached hydrogens (tertiary/aromatic N) is 1. The van der Waals surface area contributed by atoms with Gasteiger partial charge in [0.15, 0.2) is 0 Å². The van der Waals surface area contributed by atoms with E-state index in [2.05, 4.69) is 31.0 Å². The van der Waals surface area contributed by atoms with Crippen LogP contribution >= 0.6 is 0 Å². The van der Waals surface area contributed by atoms with Crippen molar-refractivity contribution in [2.45, 2.75) is 71.4 Å². The van der Waals surface area contributed by atoms with Crippen LogP contribution in [-0.4, -0.2) is 36.6 Å². The highest BCUT2D eigenvalue weighted by Crippen LogP contribution is 2.34. The average Bonchev–Trinajstić information content (AvgIpc) is 3.21. The van der Waals surface area contributed by atoms with E-state index in [1.54, 1.807) is 0 Å². The Bertz CT molecular complexity index is 237. The van der Waals surface area contributed by atoms with E-state index in [4.69, 9.17) is 0 Å². The third-order valence-corrected chi connectivity index (χ3v) is 5.00. The van der Waals surface area contributed by atoms with Gasteiger partial charge in [-0.1, -0.05) is 26.7 Å². The molecule has 1 aliphatic carbocycles. The highest BCUT2D eigenvalue weighted by atomic mass is 15.1. The number of hydrogen-bond donors (Lipinski definition) is 1. The van der Waals surface area contributed by atoms with Gasteiger partial charge in [0.1, 0.15) is 0 Å². The Morgan fingerprint density at radius 2 is 2.00 bits per heavy atom. The molecule has 0 radical (unpaired) electrons. The van der Waals surface area contributed by atoms with Crippen LogP contribution in [0.5, 0.6) is 0 Å². The lowest BCUT2D eigenvalue weighted by atomic mass is 9.90. The van der Waals surface area contributed by atoms with E-state index in [9.17, 15) is 0 Å². The summed E-state index contributed by atoms with van der Waals surface area (Å²) < 4.78 is 0. The van der Waals surface area contributed by atoms with Crippen LogP contribution in [0, 0.1) is 11.8 Å². The van der Waals surface area contributed by atoms with Gasteiger partial charge >= 0.3 is 0 Å². The minimum Gasteiger partial charge on any atom is -0.311 e. The number of rotatable bonds is 7. The highest BCUT2D eigenvalue weighted by molar-refractivity contribution is 4.85. The molecule has 3 atom stereocenters. The van der Waals surface area contributed by atoms with Crippen LogP contribution < -0.4 is 5.32 Å². The lowest BCUT2D eigenvalue weighted by molar-refractivity contribution is 0.151. The molecule has 0 aromatic rings. The summed E-state index contributed by atoms with van der Waals surface area (Å²) in [5.74, 6) is 1.92. The Morgan fingerprint density at radius 1 is 1.22 bits per heavy atom. The van der Waals surface area contributed by atoms with Gasteiger partial charge in [-0.25, -0.2) is 0 Å². The van der Waals surface area contributed by atoms with Gasteiger partial charge in [-0.2, -0.15) is 0 Å². The van der Waals surface area contributed by atoms with Crippen molar-refractivity contribution in [2.75, 3.05) is 19.6 Å². The first kappa shape index (κ1) is 14.3. The van der Waals surface area contributed by atoms with Gasteiger partial charge in [0.25, 0.3) is 0 Å². The minimum absolute atomic E-state index is 0.697. The van der Waals surface area contributed by atoms with Crippen molar-refractivity contribution in [3.63, 3.8) is 0 Å². The van der Waals surface area contributed by atoms with Crippen molar-refractivity contribution < 1.29 is 0 Å². The predicted octanol–water partition coefficient (Wildman–Crippen LogP) is 3.28. The second-order valence-electron chi connectivity index (χ2n) is 6.54. The number of nitrogens with one attached hydrogen (secondary N) is 1. The smallest absolute Gasteiger partial charge is 0.00818 e. The zero-order valence-electron chi connectivity index (χ0n) is 12.6. The zero-order chi connectivity index (χ0) is 13.0. The molecule has 106 valence electrons. The summed E-state index contributed by atoms with van der Waals surface area (Å²) in [5, 5.41) is 3.93. The first-order valence-corrected chi connectivity index (χ1v) is 8.21. The lowest BCUT2D eigenvalue weighted by Crippen LogP contribution is -2.47. The van der Waals surface area contributed by atoms with E-state index in [0.717, 1.165) is 17.9 Å². The van der Waals surface area contributed by atoms with Crippen LogP contribution in [0.2, 0.25) is 0 Å². The quantitative estimate of drug-likeness (QED) is 0.748. The van der Waals surface area contributed by atoms with Crippen molar-refractivity contribution in [1.29, 1.82) is 0 Å². The predicted molar refractivity (Wildman–Crippen MR) is 78.9 cm³/mol. The summed E-state index contributed by atoms with van der Waals surface area (Å²) >= 11 is 0. The van der Waals surface area contributed by atoms with Crippen molar-refractivity contribution in [1.82, 2.24) is 10.2 Å². The molecule has 2 heteroatoms. The summed E-state index contributed by atoms with van der Waals surface area (Å²) in [6.45, 7) is 10.9. The maximum atomic E-state index is 3.93. The molecule has 1 aliphatic heterocycles. The number of piperidine rings is 1. The van der Waals surface area contributed by atoms with Gasteiger partial charge in [0.05, 0.1) is 0 Å². The fraction of sp³-hybridized carbons (Fsp3) is 1.00. The molecule has 2 fully saturated rings. The molecule has 0 aromatic carbocycles. The second kappa shape index (κ2) is 6.91. The molecule has 1 saturated carbocycles. The third-order valence-electron chi connectivity index (χ3n) is 5.00. The maximum Gasteiger partial charge on any atom is 0.00818 e. The molecule has 1 N–H and O–H groups in total. The van der Waals surface area contributed by atoms with Gasteiger partial charge < -0.3 is 10.2 Å². The van der Waals surface area contributed by atoms with Gasteiger partial charge in [0.2, 0.25) is 0 Å². The van der Waals surface area contributed by atoms with Crippen LogP contribution in [0.25, 0.3) is 0 Å². The molecule has 0 spiro atoms. The largest absolute Gasteiger partial charge is 0.311 e. The molecule has 2 rings (SSSR count). The standard InChI is InChI=1S/C16H32N2/c1-4-16(11-14-8-9-14)17-13(3)15-7-6-10-18(5-2)12-15/h13-17H,4-12H2,1-3H3. The summed E-state index contributed by atoms with van der Waals surface area (Å²) in [6, 6.07) is 1.47. The first-order valence-electron chi connectivity index (χ1n) is 8.21. The molecule has 1 saturated heterocycles. The number of hydrogen-bond acceptors (Lipinski definition) is 2. The number of likely N-dealkylation sites (tertiary alicyclic amines) is 1. The molecule has 3 unspecified atom stereocenters. The normalized spacial score (nSPS) is 29.2. The summed E-state index contributed by atoms with van der Waals surface area (Å²) in [4.78, 5) is 2.62. The second-order valence-corrected chi connectivity index (χ2v) is 6.54. The van der Waals surface area contributed by atoms with Crippen molar-refractivity contribution in [3.05, 3.63) is 0 Å². The Balaban J connectivity index is 1.75. The fourth-order valence-electron chi connectivity index (χ4n) is 3.40. The Morgan fingerprint density at radius 3 is 2.61 bits per heavy atom. The van der Waals surface area contributed by atoms with E-state index in [0.29, 0.717) is 6.04 Å². The molecular formula is C16H32N2. The van der Waals surface area contributed by atoms with Crippen LogP contribution in [0.1, 0.15) is 59.3 Å². The molecule has 1 heterocycles. The molecule has 0 amide bonds. The van der Waals surface area contributed by atoms with Gasteiger partial charge in [-0.3, -0.25) is 0 Å². The van der Waals surface area contributed by atoms with E-state index >= 15 is 0 Å². The van der Waals surface area contributed by atoms with E-state index in [1.807, 2.05) is 0 Å². The van der Waals surface area contributed by atoms with Crippen molar-refractivity contribution in [3.8, 4) is 0 Å². The summed E-state index contributed by atoms with van der Waals surface area (Å²) in [5.41, 5.74) is 0. The highest BCUT2D eigenvalue weighted by Gasteiger charge is 2.28. The summed E-state index contributed by atoms with van der Waals surface area (Å²) in [6.07, 6.45) is 8.50. The van der Waals surface area contributed by atoms with Crippen LogP contribution in [0.15, 0.2) is 0 Å². The SMILES string of the molecule is CCC(CC1CC1)NC(C)C1CCCN(CC)C1. The van der Waals surface area contributed by atoms with Gasteiger partial charge in [-0.05, 0) is 57.5 Å². The third kappa shape index (κ3) is 4.24. The molecule has 18 heavy (non-hydrogen) atoms. The Labute approximate surface area is 114 Å². The van der Waals surface area contributed by atoms with E-state index in [1.165, 1.54) is 58.2 Å².